The summed E-state index contributed by atoms with van der Waals surface area (Å²) in [5.41, 5.74) is 0.480. The highest BCUT2D eigenvalue weighted by molar-refractivity contribution is 6.00. The summed E-state index contributed by atoms with van der Waals surface area (Å²) in [6.45, 7) is 4.69. The van der Waals surface area contributed by atoms with E-state index in [1.54, 1.807) is 23.1 Å². The third kappa shape index (κ3) is 4.06. The zero-order valence-electron chi connectivity index (χ0n) is 14.3. The van der Waals surface area contributed by atoms with Crippen LogP contribution in [-0.2, 0) is 4.79 Å². The zero-order chi connectivity index (χ0) is 17.5. The Balaban J connectivity index is 2.15. The quantitative estimate of drug-likeness (QED) is 0.793. The van der Waals surface area contributed by atoms with Crippen LogP contribution in [0.2, 0.25) is 0 Å². The minimum absolute atomic E-state index is 0.101. The Morgan fingerprint density at radius 1 is 1.38 bits per heavy atom. The van der Waals surface area contributed by atoms with Crippen LogP contribution in [0.4, 0.5) is 0 Å². The summed E-state index contributed by atoms with van der Waals surface area (Å²) in [6.07, 6.45) is 2.07. The molecule has 1 saturated heterocycles. The second kappa shape index (κ2) is 8.68. The summed E-state index contributed by atoms with van der Waals surface area (Å²) in [5, 5.41) is 12.1. The number of hydrogen-bond donors (Lipinski definition) is 2. The number of benzene rings is 1. The smallest absolute Gasteiger partial charge is 0.258 e. The van der Waals surface area contributed by atoms with Crippen LogP contribution < -0.4 is 10.1 Å². The summed E-state index contributed by atoms with van der Waals surface area (Å²) >= 11 is 0. The van der Waals surface area contributed by atoms with Crippen molar-refractivity contribution >= 4 is 11.8 Å². The van der Waals surface area contributed by atoms with E-state index in [1.807, 2.05) is 19.9 Å². The molecule has 2 amide bonds. The van der Waals surface area contributed by atoms with E-state index >= 15 is 0 Å². The minimum atomic E-state index is -0.493. The van der Waals surface area contributed by atoms with Crippen LogP contribution in [0.15, 0.2) is 24.3 Å². The Labute approximate surface area is 142 Å². The maximum atomic E-state index is 12.9. The monoisotopic (exact) mass is 334 g/mol. The first-order valence-corrected chi connectivity index (χ1v) is 8.56. The minimum Gasteiger partial charge on any atom is -0.493 e. The van der Waals surface area contributed by atoms with Crippen LogP contribution in [-0.4, -0.2) is 53.7 Å². The fourth-order valence-electron chi connectivity index (χ4n) is 2.94. The van der Waals surface area contributed by atoms with E-state index < -0.39 is 6.04 Å². The number of nitrogens with zero attached hydrogens (tertiary/aromatic N) is 1. The molecule has 0 aromatic heterocycles. The Morgan fingerprint density at radius 2 is 2.12 bits per heavy atom. The van der Waals surface area contributed by atoms with Gasteiger partial charge in [-0.25, -0.2) is 0 Å². The molecular weight excluding hydrogens is 308 g/mol. The average molecular weight is 334 g/mol. The molecule has 24 heavy (non-hydrogen) atoms. The second-order valence-electron chi connectivity index (χ2n) is 5.88. The van der Waals surface area contributed by atoms with Crippen molar-refractivity contribution in [3.8, 4) is 5.75 Å². The number of likely N-dealkylation sites (tertiary alicyclic amines) is 1. The number of aliphatic hydroxyl groups is 1. The van der Waals surface area contributed by atoms with Gasteiger partial charge in [-0.1, -0.05) is 19.1 Å². The van der Waals surface area contributed by atoms with Crippen LogP contribution in [0.1, 0.15) is 43.5 Å². The predicted molar refractivity (Wildman–Crippen MR) is 91.0 cm³/mol. The molecule has 132 valence electrons. The maximum Gasteiger partial charge on any atom is 0.258 e. The zero-order valence-corrected chi connectivity index (χ0v) is 14.3. The highest BCUT2D eigenvalue weighted by atomic mass is 16.5. The van der Waals surface area contributed by atoms with Crippen molar-refractivity contribution < 1.29 is 19.4 Å². The van der Waals surface area contributed by atoms with Gasteiger partial charge in [0, 0.05) is 6.54 Å². The number of hydrogen-bond acceptors (Lipinski definition) is 4. The second-order valence-corrected chi connectivity index (χ2v) is 5.88. The van der Waals surface area contributed by atoms with Crippen molar-refractivity contribution in [3.05, 3.63) is 29.8 Å². The van der Waals surface area contributed by atoms with E-state index in [9.17, 15) is 14.7 Å². The molecule has 1 aromatic carbocycles. The largest absolute Gasteiger partial charge is 0.493 e. The number of carbonyl (C=O) groups is 2. The molecule has 2 atom stereocenters. The molecule has 1 heterocycles. The van der Waals surface area contributed by atoms with Gasteiger partial charge in [-0.3, -0.25) is 9.59 Å². The number of aliphatic hydroxyl groups excluding tert-OH is 1. The van der Waals surface area contributed by atoms with E-state index in [2.05, 4.69) is 5.32 Å². The van der Waals surface area contributed by atoms with E-state index in [0.717, 1.165) is 6.42 Å². The molecule has 6 heteroatoms. The molecule has 2 N–H and O–H groups in total. The Hall–Kier alpha value is -2.08. The van der Waals surface area contributed by atoms with E-state index in [4.69, 9.17) is 4.74 Å². The predicted octanol–water partition coefficient (Wildman–Crippen LogP) is 1.58. The first-order valence-electron chi connectivity index (χ1n) is 8.56. The molecule has 0 bridgehead atoms. The van der Waals surface area contributed by atoms with Crippen LogP contribution in [0.3, 0.4) is 0 Å². The van der Waals surface area contributed by atoms with Crippen LogP contribution in [0.25, 0.3) is 0 Å². The van der Waals surface area contributed by atoms with Crippen molar-refractivity contribution in [2.75, 3.05) is 19.8 Å². The van der Waals surface area contributed by atoms with E-state index in [0.29, 0.717) is 37.3 Å². The van der Waals surface area contributed by atoms with Gasteiger partial charge in [-0.15, -0.1) is 0 Å². The molecule has 1 unspecified atom stereocenters. The molecule has 0 spiro atoms. The topological polar surface area (TPSA) is 78.9 Å². The first kappa shape index (κ1) is 18.3. The van der Waals surface area contributed by atoms with E-state index in [1.165, 1.54) is 0 Å². The van der Waals surface area contributed by atoms with Gasteiger partial charge in [0.05, 0.1) is 24.8 Å². The lowest BCUT2D eigenvalue weighted by Crippen LogP contribution is -2.49. The van der Waals surface area contributed by atoms with Gasteiger partial charge in [0.25, 0.3) is 5.91 Å². The molecule has 0 aliphatic carbocycles. The van der Waals surface area contributed by atoms with Crippen molar-refractivity contribution in [1.82, 2.24) is 10.2 Å². The van der Waals surface area contributed by atoms with Gasteiger partial charge >= 0.3 is 0 Å². The Bertz CT molecular complexity index is 572. The number of amides is 2. The van der Waals surface area contributed by atoms with Crippen molar-refractivity contribution in [2.24, 2.45) is 0 Å². The fourth-order valence-corrected chi connectivity index (χ4v) is 2.94. The summed E-state index contributed by atoms with van der Waals surface area (Å²) in [7, 11) is 0. The fraction of sp³-hybridized carbons (Fsp3) is 0.556. The first-order chi connectivity index (χ1) is 11.6. The molecule has 0 radical (unpaired) electrons. The van der Waals surface area contributed by atoms with Gasteiger partial charge in [-0.05, 0) is 38.3 Å². The Morgan fingerprint density at radius 3 is 2.79 bits per heavy atom. The summed E-state index contributed by atoms with van der Waals surface area (Å²) in [5.74, 6) is 0.155. The van der Waals surface area contributed by atoms with Crippen molar-refractivity contribution in [2.45, 2.75) is 45.2 Å². The average Bonchev–Trinajstić information content (AvgIpc) is 3.09. The normalized spacial score (nSPS) is 18.3. The third-order valence-electron chi connectivity index (χ3n) is 4.29. The van der Waals surface area contributed by atoms with Gasteiger partial charge in [0.15, 0.2) is 0 Å². The third-order valence-corrected chi connectivity index (χ3v) is 4.29. The van der Waals surface area contributed by atoms with Gasteiger partial charge in [0.1, 0.15) is 11.8 Å². The van der Waals surface area contributed by atoms with Crippen LogP contribution in [0, 0.1) is 0 Å². The lowest BCUT2D eigenvalue weighted by atomic mass is 10.1. The molecule has 6 nitrogen and oxygen atoms in total. The molecule has 1 aliphatic rings. The van der Waals surface area contributed by atoms with Crippen molar-refractivity contribution in [3.63, 3.8) is 0 Å². The summed E-state index contributed by atoms with van der Waals surface area (Å²) < 4.78 is 5.53. The van der Waals surface area contributed by atoms with E-state index in [-0.39, 0.29) is 24.5 Å². The highest BCUT2D eigenvalue weighted by Gasteiger charge is 2.35. The summed E-state index contributed by atoms with van der Waals surface area (Å²) in [6, 6.07) is 6.34. The lowest BCUT2D eigenvalue weighted by molar-refractivity contribution is -0.125. The summed E-state index contributed by atoms with van der Waals surface area (Å²) in [4.78, 5) is 27.0. The lowest BCUT2D eigenvalue weighted by Gasteiger charge is -2.26. The molecule has 1 fully saturated rings. The highest BCUT2D eigenvalue weighted by Crippen LogP contribution is 2.25. The molecule has 0 saturated carbocycles. The number of nitrogens with one attached hydrogen (secondary N) is 1. The van der Waals surface area contributed by atoms with Crippen LogP contribution >= 0.6 is 0 Å². The molecule has 2 rings (SSSR count). The van der Waals surface area contributed by atoms with Crippen molar-refractivity contribution in [1.29, 1.82) is 0 Å². The molecule has 1 aromatic rings. The molecular formula is C18H26N2O4. The SMILES string of the molecule is CCOc1ccccc1C(=O)N1CCCC1C(=O)N[C@H](CC)CO. The van der Waals surface area contributed by atoms with Gasteiger partial charge < -0.3 is 20.1 Å². The maximum absolute atomic E-state index is 12.9. The van der Waals surface area contributed by atoms with Crippen LogP contribution in [0.5, 0.6) is 5.75 Å². The van der Waals surface area contributed by atoms with Gasteiger partial charge in [-0.2, -0.15) is 0 Å². The molecule has 1 aliphatic heterocycles. The number of ether oxygens (including phenoxy) is 1. The van der Waals surface area contributed by atoms with Gasteiger partial charge in [0.2, 0.25) is 5.91 Å². The number of carbonyl (C=O) groups excluding carboxylic acids is 2. The number of para-hydroxylation sites is 1. The standard InChI is InChI=1S/C18H26N2O4/c1-3-13(12-21)19-17(22)15-9-7-11-20(15)18(23)14-8-5-6-10-16(14)24-4-2/h5-6,8,10,13,15,21H,3-4,7,9,11-12H2,1-2H3,(H,19,22)/t13-,15?/m1/s1. The number of rotatable bonds is 7. The Kier molecular flexibility index (Phi) is 6.61.